The van der Waals surface area contributed by atoms with Crippen LogP contribution in [0.2, 0.25) is 0 Å². The number of benzene rings is 2. The lowest BCUT2D eigenvalue weighted by molar-refractivity contribution is 0.640. The molecule has 2 aromatic rings. The molecule has 2 rings (SSSR count). The van der Waals surface area contributed by atoms with Crippen LogP contribution in [0.3, 0.4) is 0 Å². The first kappa shape index (κ1) is 11.2. The monoisotopic (exact) mass is 227 g/mol. The van der Waals surface area contributed by atoms with Gasteiger partial charge in [-0.2, -0.15) is 0 Å². The molecule has 0 saturated carbocycles. The van der Waals surface area contributed by atoms with Gasteiger partial charge in [0.05, 0.1) is 0 Å². The molecule has 3 nitrogen and oxygen atoms in total. The zero-order chi connectivity index (χ0) is 12.1. The molecule has 17 heavy (non-hydrogen) atoms. The van der Waals surface area contributed by atoms with Crippen molar-refractivity contribution in [2.24, 2.45) is 5.11 Å². The van der Waals surface area contributed by atoms with E-state index in [2.05, 4.69) is 10.0 Å². The normalized spacial score (nSPS) is 10.6. The summed E-state index contributed by atoms with van der Waals surface area (Å²) in [7, 11) is 0. The molecule has 0 aromatic heterocycles. The predicted molar refractivity (Wildman–Crippen MR) is 67.0 cm³/mol. The maximum atomic E-state index is 13.5. The zero-order valence-corrected chi connectivity index (χ0v) is 9.05. The third kappa shape index (κ3) is 2.44. The first-order valence-corrected chi connectivity index (χ1v) is 5.17. The molecule has 0 heterocycles. The summed E-state index contributed by atoms with van der Waals surface area (Å²) in [6.07, 6.45) is 3.58. The van der Waals surface area contributed by atoms with Crippen LogP contribution in [-0.2, 0) is 0 Å². The second-order valence-corrected chi connectivity index (χ2v) is 3.50. The highest BCUT2D eigenvalue weighted by Gasteiger charge is 2.02. The van der Waals surface area contributed by atoms with Crippen molar-refractivity contribution >= 4 is 16.8 Å². The van der Waals surface area contributed by atoms with Crippen molar-refractivity contribution in [3.8, 4) is 0 Å². The lowest BCUT2D eigenvalue weighted by Crippen LogP contribution is -1.83. The highest BCUT2D eigenvalue weighted by Crippen LogP contribution is 2.22. The highest BCUT2D eigenvalue weighted by atomic mass is 19.1. The zero-order valence-electron chi connectivity index (χ0n) is 9.05. The number of fused-ring (bicyclic) bond motifs is 1. The Kier molecular flexibility index (Phi) is 3.38. The summed E-state index contributed by atoms with van der Waals surface area (Å²) in [5.74, 6) is -0.229. The van der Waals surface area contributed by atoms with E-state index in [0.717, 1.165) is 10.9 Å². The Morgan fingerprint density at radius 2 is 1.94 bits per heavy atom. The van der Waals surface area contributed by atoms with E-state index in [9.17, 15) is 4.39 Å². The van der Waals surface area contributed by atoms with E-state index >= 15 is 0 Å². The standard InChI is InChI=1S/C13H10FN3/c14-13-8-7-10(4-3-9-16-17-15)11-5-1-2-6-12(11)13/h1-8H,9H2. The van der Waals surface area contributed by atoms with Crippen LogP contribution in [0.1, 0.15) is 5.56 Å². The van der Waals surface area contributed by atoms with E-state index in [0.29, 0.717) is 11.9 Å². The van der Waals surface area contributed by atoms with Gasteiger partial charge < -0.3 is 0 Å². The van der Waals surface area contributed by atoms with Gasteiger partial charge in [-0.1, -0.05) is 47.6 Å². The lowest BCUT2D eigenvalue weighted by Gasteiger charge is -2.03. The maximum absolute atomic E-state index is 13.5. The molecule has 0 amide bonds. The van der Waals surface area contributed by atoms with Crippen LogP contribution in [0, 0.1) is 5.82 Å². The van der Waals surface area contributed by atoms with Crippen molar-refractivity contribution in [3.05, 3.63) is 64.3 Å². The summed E-state index contributed by atoms with van der Waals surface area (Å²) in [5, 5.41) is 4.85. The van der Waals surface area contributed by atoms with E-state index in [4.69, 9.17) is 5.53 Å². The van der Waals surface area contributed by atoms with Crippen LogP contribution in [0.25, 0.3) is 27.3 Å². The third-order valence-electron chi connectivity index (χ3n) is 2.45. The topological polar surface area (TPSA) is 48.8 Å². The van der Waals surface area contributed by atoms with Crippen molar-refractivity contribution in [2.45, 2.75) is 0 Å². The number of hydrogen-bond donors (Lipinski definition) is 0. The summed E-state index contributed by atoms with van der Waals surface area (Å²) in [5.41, 5.74) is 9.06. The smallest absolute Gasteiger partial charge is 0.131 e. The minimum Gasteiger partial charge on any atom is -0.206 e. The molecule has 84 valence electrons. The van der Waals surface area contributed by atoms with Gasteiger partial charge in [-0.3, -0.25) is 0 Å². The highest BCUT2D eigenvalue weighted by molar-refractivity contribution is 5.90. The van der Waals surface area contributed by atoms with Gasteiger partial charge >= 0.3 is 0 Å². The molecule has 0 aliphatic carbocycles. The Morgan fingerprint density at radius 1 is 1.18 bits per heavy atom. The van der Waals surface area contributed by atoms with Gasteiger partial charge in [0, 0.05) is 16.8 Å². The van der Waals surface area contributed by atoms with E-state index < -0.39 is 0 Å². The SMILES string of the molecule is [N-]=[N+]=NCC=Cc1ccc(F)c2ccccc12. The van der Waals surface area contributed by atoms with Crippen LogP contribution in [0.5, 0.6) is 0 Å². The molecular weight excluding hydrogens is 217 g/mol. The number of rotatable bonds is 3. The Labute approximate surface area is 97.8 Å². The van der Waals surface area contributed by atoms with Gasteiger partial charge in [0.25, 0.3) is 0 Å². The van der Waals surface area contributed by atoms with E-state index in [1.165, 1.54) is 6.07 Å². The number of nitrogens with zero attached hydrogens (tertiary/aromatic N) is 3. The predicted octanol–water partition coefficient (Wildman–Crippen LogP) is 4.30. The van der Waals surface area contributed by atoms with Gasteiger partial charge in [-0.25, -0.2) is 4.39 Å². The first-order valence-electron chi connectivity index (χ1n) is 5.17. The molecule has 0 aliphatic heterocycles. The Hall–Kier alpha value is -2.32. The average Bonchev–Trinajstić information content (AvgIpc) is 2.37. The summed E-state index contributed by atoms with van der Waals surface area (Å²) < 4.78 is 13.5. The Balaban J connectivity index is 2.44. The molecule has 0 saturated heterocycles. The molecule has 0 unspecified atom stereocenters. The van der Waals surface area contributed by atoms with Crippen LogP contribution >= 0.6 is 0 Å². The summed E-state index contributed by atoms with van der Waals surface area (Å²) >= 11 is 0. The molecule has 2 aromatic carbocycles. The van der Waals surface area contributed by atoms with Gasteiger partial charge in [-0.15, -0.1) is 0 Å². The summed E-state index contributed by atoms with van der Waals surface area (Å²) in [4.78, 5) is 2.66. The average molecular weight is 227 g/mol. The lowest BCUT2D eigenvalue weighted by atomic mass is 10.0. The maximum Gasteiger partial charge on any atom is 0.131 e. The van der Waals surface area contributed by atoms with Crippen molar-refractivity contribution < 1.29 is 4.39 Å². The fourth-order valence-corrected chi connectivity index (χ4v) is 1.69. The third-order valence-corrected chi connectivity index (χ3v) is 2.45. The van der Waals surface area contributed by atoms with Crippen molar-refractivity contribution in [2.75, 3.05) is 6.54 Å². The van der Waals surface area contributed by atoms with Gasteiger partial charge in [-0.05, 0) is 22.5 Å². The number of hydrogen-bond acceptors (Lipinski definition) is 1. The summed E-state index contributed by atoms with van der Waals surface area (Å²) in [6.45, 7) is 0.294. The largest absolute Gasteiger partial charge is 0.206 e. The van der Waals surface area contributed by atoms with Gasteiger partial charge in [0.1, 0.15) is 5.82 Å². The van der Waals surface area contributed by atoms with E-state index in [-0.39, 0.29) is 5.82 Å². The fourth-order valence-electron chi connectivity index (χ4n) is 1.69. The molecule has 0 spiro atoms. The molecule has 0 fully saturated rings. The second kappa shape index (κ2) is 5.14. The molecule has 0 radical (unpaired) electrons. The van der Waals surface area contributed by atoms with E-state index in [1.54, 1.807) is 24.3 Å². The quantitative estimate of drug-likeness (QED) is 0.426. The molecule has 0 aliphatic rings. The van der Waals surface area contributed by atoms with Crippen LogP contribution < -0.4 is 0 Å². The van der Waals surface area contributed by atoms with Crippen molar-refractivity contribution in [1.29, 1.82) is 0 Å². The van der Waals surface area contributed by atoms with Crippen molar-refractivity contribution in [1.82, 2.24) is 0 Å². The minimum absolute atomic E-state index is 0.229. The number of halogens is 1. The molecule has 0 atom stereocenters. The Bertz CT molecular complexity index is 613. The van der Waals surface area contributed by atoms with Crippen LogP contribution in [0.15, 0.2) is 47.6 Å². The van der Waals surface area contributed by atoms with Crippen molar-refractivity contribution in [3.63, 3.8) is 0 Å². The molecule has 4 heteroatoms. The molecule has 0 N–H and O–H groups in total. The molecular formula is C13H10FN3. The molecule has 0 bridgehead atoms. The van der Waals surface area contributed by atoms with Gasteiger partial charge in [0.2, 0.25) is 0 Å². The van der Waals surface area contributed by atoms with Gasteiger partial charge in [0.15, 0.2) is 0 Å². The fraction of sp³-hybridized carbons (Fsp3) is 0.0769. The Morgan fingerprint density at radius 3 is 2.71 bits per heavy atom. The van der Waals surface area contributed by atoms with E-state index in [1.807, 2.05) is 18.2 Å². The van der Waals surface area contributed by atoms with Crippen LogP contribution in [-0.4, -0.2) is 6.54 Å². The minimum atomic E-state index is -0.229. The second-order valence-electron chi connectivity index (χ2n) is 3.50. The van der Waals surface area contributed by atoms with Crippen LogP contribution in [0.4, 0.5) is 4.39 Å². The number of azide groups is 1. The first-order chi connectivity index (χ1) is 8.33. The summed E-state index contributed by atoms with van der Waals surface area (Å²) in [6, 6.07) is 10.4.